The van der Waals surface area contributed by atoms with Gasteiger partial charge in [0, 0.05) is 23.1 Å². The van der Waals surface area contributed by atoms with Crippen molar-refractivity contribution in [1.82, 2.24) is 4.57 Å². The summed E-state index contributed by atoms with van der Waals surface area (Å²) in [6.45, 7) is 7.13. The van der Waals surface area contributed by atoms with Gasteiger partial charge in [0.25, 0.3) is 0 Å². The molecule has 0 aliphatic carbocycles. The maximum atomic E-state index is 9.38. The van der Waals surface area contributed by atoms with E-state index in [-0.39, 0.29) is 6.10 Å². The normalized spacial score (nSPS) is 13.2. The average molecular weight is 217 g/mol. The number of nitrogens with zero attached hydrogens (tertiary/aromatic N) is 1. The van der Waals surface area contributed by atoms with Crippen molar-refractivity contribution in [2.75, 3.05) is 0 Å². The number of rotatable bonds is 3. The molecule has 2 aromatic rings. The topological polar surface area (TPSA) is 25.2 Å². The third-order valence-corrected chi connectivity index (χ3v) is 3.02. The lowest BCUT2D eigenvalue weighted by molar-refractivity contribution is 0.195. The molecule has 1 aromatic carbocycles. The van der Waals surface area contributed by atoms with Gasteiger partial charge in [0.1, 0.15) is 0 Å². The second-order valence-corrected chi connectivity index (χ2v) is 4.48. The maximum absolute atomic E-state index is 9.38. The highest BCUT2D eigenvalue weighted by Crippen LogP contribution is 2.21. The van der Waals surface area contributed by atoms with Gasteiger partial charge in [-0.15, -0.1) is 0 Å². The van der Waals surface area contributed by atoms with E-state index in [1.54, 1.807) is 0 Å². The fourth-order valence-corrected chi connectivity index (χ4v) is 2.35. The predicted octanol–water partition coefficient (Wildman–Crippen LogP) is 2.89. The Morgan fingerprint density at radius 3 is 2.69 bits per heavy atom. The summed E-state index contributed by atoms with van der Waals surface area (Å²) in [5, 5.41) is 10.7. The lowest BCUT2D eigenvalue weighted by Crippen LogP contribution is -2.03. The van der Waals surface area contributed by atoms with Crippen LogP contribution >= 0.6 is 0 Å². The zero-order valence-electron chi connectivity index (χ0n) is 10.2. The van der Waals surface area contributed by atoms with Crippen LogP contribution in [0.25, 0.3) is 10.9 Å². The van der Waals surface area contributed by atoms with Gasteiger partial charge >= 0.3 is 0 Å². The van der Waals surface area contributed by atoms with Crippen LogP contribution < -0.4 is 0 Å². The van der Waals surface area contributed by atoms with Gasteiger partial charge in [-0.3, -0.25) is 0 Å². The van der Waals surface area contributed by atoms with Crippen LogP contribution in [-0.2, 0) is 13.0 Å². The smallest absolute Gasteiger partial charge is 0.0552 e. The molecule has 2 rings (SSSR count). The molecule has 0 aliphatic rings. The Morgan fingerprint density at radius 2 is 2.06 bits per heavy atom. The van der Waals surface area contributed by atoms with Crippen molar-refractivity contribution in [3.05, 3.63) is 35.5 Å². The first-order chi connectivity index (χ1) is 7.61. The minimum atomic E-state index is -0.271. The minimum absolute atomic E-state index is 0.271. The van der Waals surface area contributed by atoms with E-state index in [1.807, 2.05) is 6.92 Å². The molecule has 0 saturated carbocycles. The number of hydrogen-bond acceptors (Lipinski definition) is 1. The summed E-state index contributed by atoms with van der Waals surface area (Å²) < 4.78 is 2.31. The van der Waals surface area contributed by atoms with Crippen LogP contribution in [0, 0.1) is 6.92 Å². The molecule has 1 N–H and O–H groups in total. The first-order valence-electron chi connectivity index (χ1n) is 5.88. The highest BCUT2D eigenvalue weighted by Gasteiger charge is 2.06. The molecule has 0 aliphatic heterocycles. The van der Waals surface area contributed by atoms with Crippen molar-refractivity contribution >= 4 is 10.9 Å². The van der Waals surface area contributed by atoms with Gasteiger partial charge in [0.05, 0.1) is 6.10 Å². The number of aromatic nitrogens is 1. The standard InChI is InChI=1S/C14H19NO/c1-4-15-10(2)7-13-9-12(8-11(3)16)5-6-14(13)15/h5-7,9,11,16H,4,8H2,1-3H3. The molecule has 1 heterocycles. The van der Waals surface area contributed by atoms with Crippen LogP contribution in [0.5, 0.6) is 0 Å². The van der Waals surface area contributed by atoms with Crippen LogP contribution in [-0.4, -0.2) is 15.8 Å². The van der Waals surface area contributed by atoms with Gasteiger partial charge < -0.3 is 9.67 Å². The number of fused-ring (bicyclic) bond motifs is 1. The summed E-state index contributed by atoms with van der Waals surface area (Å²) in [6, 6.07) is 8.66. The van der Waals surface area contributed by atoms with Crippen molar-refractivity contribution in [3.63, 3.8) is 0 Å². The van der Waals surface area contributed by atoms with E-state index in [4.69, 9.17) is 0 Å². The first kappa shape index (κ1) is 11.2. The molecule has 1 atom stereocenters. The van der Waals surface area contributed by atoms with E-state index in [9.17, 15) is 5.11 Å². The number of benzene rings is 1. The van der Waals surface area contributed by atoms with Crippen LogP contribution in [0.3, 0.4) is 0 Å². The Hall–Kier alpha value is -1.28. The van der Waals surface area contributed by atoms with E-state index in [0.29, 0.717) is 0 Å². The molecule has 0 fully saturated rings. The molecular formula is C14H19NO. The van der Waals surface area contributed by atoms with Gasteiger partial charge in [-0.2, -0.15) is 0 Å². The second kappa shape index (κ2) is 4.30. The zero-order valence-corrected chi connectivity index (χ0v) is 10.2. The molecule has 0 saturated heterocycles. The molecule has 0 amide bonds. The van der Waals surface area contributed by atoms with E-state index in [1.165, 1.54) is 22.2 Å². The summed E-state index contributed by atoms with van der Waals surface area (Å²) in [7, 11) is 0. The molecule has 16 heavy (non-hydrogen) atoms. The van der Waals surface area contributed by atoms with Gasteiger partial charge in [-0.25, -0.2) is 0 Å². The Kier molecular flexibility index (Phi) is 3.01. The number of hydrogen-bond donors (Lipinski definition) is 1. The fourth-order valence-electron chi connectivity index (χ4n) is 2.35. The van der Waals surface area contributed by atoms with E-state index < -0.39 is 0 Å². The minimum Gasteiger partial charge on any atom is -0.393 e. The molecule has 2 heteroatoms. The van der Waals surface area contributed by atoms with Crippen molar-refractivity contribution in [3.8, 4) is 0 Å². The monoisotopic (exact) mass is 217 g/mol. The number of aliphatic hydroxyl groups is 1. The third-order valence-electron chi connectivity index (χ3n) is 3.02. The lowest BCUT2D eigenvalue weighted by Gasteiger charge is -2.06. The van der Waals surface area contributed by atoms with Gasteiger partial charge in [-0.05, 0) is 51.0 Å². The van der Waals surface area contributed by atoms with Crippen LogP contribution in [0.4, 0.5) is 0 Å². The van der Waals surface area contributed by atoms with E-state index >= 15 is 0 Å². The van der Waals surface area contributed by atoms with Gasteiger partial charge in [-0.1, -0.05) is 6.07 Å². The lowest BCUT2D eigenvalue weighted by atomic mass is 10.1. The summed E-state index contributed by atoms with van der Waals surface area (Å²) in [5.41, 5.74) is 3.79. The van der Waals surface area contributed by atoms with Gasteiger partial charge in [0.15, 0.2) is 0 Å². The van der Waals surface area contributed by atoms with Crippen molar-refractivity contribution < 1.29 is 5.11 Å². The summed E-state index contributed by atoms with van der Waals surface area (Å²) in [4.78, 5) is 0. The molecule has 0 spiro atoms. The average Bonchev–Trinajstić information content (AvgIpc) is 2.51. The number of aryl methyl sites for hydroxylation is 2. The van der Waals surface area contributed by atoms with Crippen molar-refractivity contribution in [2.45, 2.75) is 39.8 Å². The zero-order chi connectivity index (χ0) is 11.7. The van der Waals surface area contributed by atoms with Crippen LogP contribution in [0.1, 0.15) is 25.1 Å². The fraction of sp³-hybridized carbons (Fsp3) is 0.429. The quantitative estimate of drug-likeness (QED) is 0.840. The first-order valence-corrected chi connectivity index (χ1v) is 5.88. The second-order valence-electron chi connectivity index (χ2n) is 4.48. The predicted molar refractivity (Wildman–Crippen MR) is 67.7 cm³/mol. The number of aliphatic hydroxyl groups excluding tert-OH is 1. The summed E-state index contributed by atoms with van der Waals surface area (Å²) >= 11 is 0. The molecule has 86 valence electrons. The molecule has 1 aromatic heterocycles. The van der Waals surface area contributed by atoms with Crippen molar-refractivity contribution in [1.29, 1.82) is 0 Å². The van der Waals surface area contributed by atoms with Crippen LogP contribution in [0.15, 0.2) is 24.3 Å². The Labute approximate surface area is 96.5 Å². The molecule has 0 bridgehead atoms. The van der Waals surface area contributed by atoms with Crippen molar-refractivity contribution in [2.24, 2.45) is 0 Å². The molecular weight excluding hydrogens is 198 g/mol. The highest BCUT2D eigenvalue weighted by molar-refractivity contribution is 5.82. The largest absolute Gasteiger partial charge is 0.393 e. The molecule has 0 radical (unpaired) electrons. The molecule has 1 unspecified atom stereocenters. The summed E-state index contributed by atoms with van der Waals surface area (Å²) in [5.74, 6) is 0. The SMILES string of the molecule is CCn1c(C)cc2cc(CC(C)O)ccc21. The Bertz CT molecular complexity index is 497. The third kappa shape index (κ3) is 1.98. The highest BCUT2D eigenvalue weighted by atomic mass is 16.3. The maximum Gasteiger partial charge on any atom is 0.0552 e. The summed E-state index contributed by atoms with van der Waals surface area (Å²) in [6.07, 6.45) is 0.457. The molecule has 2 nitrogen and oxygen atoms in total. The van der Waals surface area contributed by atoms with Crippen LogP contribution in [0.2, 0.25) is 0 Å². The van der Waals surface area contributed by atoms with E-state index in [0.717, 1.165) is 13.0 Å². The van der Waals surface area contributed by atoms with Gasteiger partial charge in [0.2, 0.25) is 0 Å². The Morgan fingerprint density at radius 1 is 1.31 bits per heavy atom. The van der Waals surface area contributed by atoms with E-state index in [2.05, 4.69) is 42.7 Å². The Balaban J connectivity index is 2.47.